The molecule has 0 aromatic carbocycles. The van der Waals surface area contributed by atoms with Crippen LogP contribution in [0.2, 0.25) is 0 Å². The van der Waals surface area contributed by atoms with E-state index in [4.69, 9.17) is 0 Å². The largest absolute Gasteiger partial charge is 0.333 e. The van der Waals surface area contributed by atoms with Crippen LogP contribution in [0.3, 0.4) is 0 Å². The Bertz CT molecular complexity index is 365. The zero-order valence-corrected chi connectivity index (χ0v) is 10.7. The highest BCUT2D eigenvalue weighted by molar-refractivity contribution is 5.07. The molecule has 17 heavy (non-hydrogen) atoms. The Morgan fingerprint density at radius 2 is 2.35 bits per heavy atom. The van der Waals surface area contributed by atoms with Crippen LogP contribution in [0.4, 0.5) is 0 Å². The minimum atomic E-state index is 0.552. The molecule has 0 amide bonds. The van der Waals surface area contributed by atoms with E-state index in [0.29, 0.717) is 6.04 Å². The minimum absolute atomic E-state index is 0.552. The van der Waals surface area contributed by atoms with Crippen LogP contribution in [0.15, 0.2) is 12.5 Å². The van der Waals surface area contributed by atoms with Gasteiger partial charge < -0.3 is 9.88 Å². The van der Waals surface area contributed by atoms with Crippen molar-refractivity contribution in [2.24, 2.45) is 11.8 Å². The van der Waals surface area contributed by atoms with Gasteiger partial charge in [0, 0.05) is 18.8 Å². The summed E-state index contributed by atoms with van der Waals surface area (Å²) in [5.41, 5.74) is 1.40. The number of hydrogen-bond donors (Lipinski definition) is 1. The van der Waals surface area contributed by atoms with Gasteiger partial charge in [-0.1, -0.05) is 13.3 Å². The molecule has 1 aromatic heterocycles. The lowest BCUT2D eigenvalue weighted by molar-refractivity contribution is 0.423. The van der Waals surface area contributed by atoms with Gasteiger partial charge in [0.15, 0.2) is 0 Å². The highest BCUT2D eigenvalue weighted by Gasteiger charge is 2.24. The van der Waals surface area contributed by atoms with Gasteiger partial charge in [0.05, 0.1) is 12.0 Å². The third kappa shape index (κ3) is 2.39. The fourth-order valence-electron chi connectivity index (χ4n) is 3.48. The molecule has 1 N–H and O–H groups in total. The molecule has 1 aliphatic heterocycles. The van der Waals surface area contributed by atoms with Gasteiger partial charge in [-0.25, -0.2) is 4.98 Å². The Balaban J connectivity index is 1.68. The van der Waals surface area contributed by atoms with Crippen molar-refractivity contribution in [3.8, 4) is 0 Å². The summed E-state index contributed by atoms with van der Waals surface area (Å²) in [4.78, 5) is 4.35. The van der Waals surface area contributed by atoms with E-state index in [1.165, 1.54) is 44.3 Å². The summed E-state index contributed by atoms with van der Waals surface area (Å²) >= 11 is 0. The number of hydrogen-bond acceptors (Lipinski definition) is 2. The molecule has 0 spiro atoms. The lowest BCUT2D eigenvalue weighted by atomic mass is 10.1. The zero-order valence-electron chi connectivity index (χ0n) is 10.7. The second-order valence-electron chi connectivity index (χ2n) is 5.90. The lowest BCUT2D eigenvalue weighted by Gasteiger charge is -2.17. The average Bonchev–Trinajstić information content (AvgIpc) is 3.00. The van der Waals surface area contributed by atoms with Crippen molar-refractivity contribution in [2.75, 3.05) is 6.54 Å². The van der Waals surface area contributed by atoms with E-state index in [2.05, 4.69) is 28.0 Å². The van der Waals surface area contributed by atoms with Crippen molar-refractivity contribution in [3.63, 3.8) is 0 Å². The summed E-state index contributed by atoms with van der Waals surface area (Å²) in [6.07, 6.45) is 10.9. The maximum Gasteiger partial charge on any atom is 0.0948 e. The molecule has 3 rings (SSSR count). The van der Waals surface area contributed by atoms with Gasteiger partial charge in [0.1, 0.15) is 0 Å². The van der Waals surface area contributed by atoms with Crippen LogP contribution in [0.25, 0.3) is 0 Å². The summed E-state index contributed by atoms with van der Waals surface area (Å²) in [5.74, 6) is 1.80. The van der Waals surface area contributed by atoms with Crippen LogP contribution < -0.4 is 5.32 Å². The molecule has 1 saturated carbocycles. The standard InChI is InChI=1S/C14H23N3/c1-11-4-5-12(7-11)9-17-10-15-8-14(17)13-3-2-6-16-13/h8,10-13,16H,2-7,9H2,1H3/t11?,12?,13-/m0/s1. The van der Waals surface area contributed by atoms with E-state index in [9.17, 15) is 0 Å². The summed E-state index contributed by atoms with van der Waals surface area (Å²) in [6, 6.07) is 0.552. The van der Waals surface area contributed by atoms with Gasteiger partial charge in [-0.05, 0) is 44.1 Å². The first-order chi connectivity index (χ1) is 8.33. The van der Waals surface area contributed by atoms with Crippen molar-refractivity contribution < 1.29 is 0 Å². The monoisotopic (exact) mass is 233 g/mol. The Morgan fingerprint density at radius 1 is 1.41 bits per heavy atom. The van der Waals surface area contributed by atoms with Crippen molar-refractivity contribution in [2.45, 2.75) is 51.6 Å². The molecule has 2 unspecified atom stereocenters. The molecular formula is C14H23N3. The predicted molar refractivity (Wildman–Crippen MR) is 68.7 cm³/mol. The number of rotatable bonds is 3. The SMILES string of the molecule is CC1CCC(Cn2cncc2[C@@H]2CCCN2)C1. The first kappa shape index (κ1) is 11.3. The highest BCUT2D eigenvalue weighted by atomic mass is 15.1. The third-order valence-corrected chi connectivity index (χ3v) is 4.42. The molecular weight excluding hydrogens is 210 g/mol. The summed E-state index contributed by atoms with van der Waals surface area (Å²) in [5, 5.41) is 3.57. The molecule has 3 nitrogen and oxygen atoms in total. The van der Waals surface area contributed by atoms with Gasteiger partial charge in [-0.3, -0.25) is 0 Å². The second kappa shape index (κ2) is 4.81. The molecule has 2 aliphatic rings. The molecule has 1 aromatic rings. The van der Waals surface area contributed by atoms with E-state index in [-0.39, 0.29) is 0 Å². The minimum Gasteiger partial charge on any atom is -0.333 e. The Hall–Kier alpha value is -0.830. The zero-order chi connectivity index (χ0) is 11.7. The van der Waals surface area contributed by atoms with Crippen LogP contribution in [0.5, 0.6) is 0 Å². The fraction of sp³-hybridized carbons (Fsp3) is 0.786. The Kier molecular flexibility index (Phi) is 3.19. The van der Waals surface area contributed by atoms with Crippen LogP contribution in [-0.4, -0.2) is 16.1 Å². The van der Waals surface area contributed by atoms with Gasteiger partial charge in [0.25, 0.3) is 0 Å². The van der Waals surface area contributed by atoms with Crippen molar-refractivity contribution in [3.05, 3.63) is 18.2 Å². The van der Waals surface area contributed by atoms with Crippen LogP contribution in [-0.2, 0) is 6.54 Å². The van der Waals surface area contributed by atoms with Crippen molar-refractivity contribution in [1.82, 2.24) is 14.9 Å². The fourth-order valence-corrected chi connectivity index (χ4v) is 3.48. The van der Waals surface area contributed by atoms with Gasteiger partial charge >= 0.3 is 0 Å². The summed E-state index contributed by atoms with van der Waals surface area (Å²) < 4.78 is 2.39. The van der Waals surface area contributed by atoms with Gasteiger partial charge in [-0.15, -0.1) is 0 Å². The van der Waals surface area contributed by atoms with E-state index in [1.807, 2.05) is 6.33 Å². The van der Waals surface area contributed by atoms with E-state index < -0.39 is 0 Å². The van der Waals surface area contributed by atoms with Gasteiger partial charge in [-0.2, -0.15) is 0 Å². The van der Waals surface area contributed by atoms with Crippen molar-refractivity contribution >= 4 is 0 Å². The van der Waals surface area contributed by atoms with Crippen LogP contribution >= 0.6 is 0 Å². The number of imidazole rings is 1. The molecule has 2 heterocycles. The lowest BCUT2D eigenvalue weighted by Crippen LogP contribution is -2.18. The van der Waals surface area contributed by atoms with E-state index in [0.717, 1.165) is 18.4 Å². The number of aromatic nitrogens is 2. The molecule has 0 radical (unpaired) electrons. The van der Waals surface area contributed by atoms with Gasteiger partial charge in [0.2, 0.25) is 0 Å². The highest BCUT2D eigenvalue weighted by Crippen LogP contribution is 2.32. The molecule has 1 saturated heterocycles. The normalized spacial score (nSPS) is 33.4. The summed E-state index contributed by atoms with van der Waals surface area (Å²) in [7, 11) is 0. The Labute approximate surface area is 104 Å². The molecule has 3 heteroatoms. The topological polar surface area (TPSA) is 29.9 Å². The molecule has 94 valence electrons. The van der Waals surface area contributed by atoms with E-state index >= 15 is 0 Å². The second-order valence-corrected chi connectivity index (χ2v) is 5.90. The van der Waals surface area contributed by atoms with Crippen LogP contribution in [0.1, 0.15) is 50.8 Å². The first-order valence-electron chi connectivity index (χ1n) is 7.06. The quantitative estimate of drug-likeness (QED) is 0.870. The maximum atomic E-state index is 4.35. The number of nitrogens with one attached hydrogen (secondary N) is 1. The molecule has 3 atom stereocenters. The first-order valence-corrected chi connectivity index (χ1v) is 7.06. The van der Waals surface area contributed by atoms with Crippen LogP contribution in [0, 0.1) is 11.8 Å². The number of nitrogens with zero attached hydrogens (tertiary/aromatic N) is 2. The predicted octanol–water partition coefficient (Wildman–Crippen LogP) is 2.74. The van der Waals surface area contributed by atoms with Crippen molar-refractivity contribution in [1.29, 1.82) is 0 Å². The maximum absolute atomic E-state index is 4.35. The summed E-state index contributed by atoms with van der Waals surface area (Å²) in [6.45, 7) is 4.72. The molecule has 2 fully saturated rings. The molecule has 0 bridgehead atoms. The molecule has 1 aliphatic carbocycles. The smallest absolute Gasteiger partial charge is 0.0948 e. The Morgan fingerprint density at radius 3 is 3.06 bits per heavy atom. The van der Waals surface area contributed by atoms with E-state index in [1.54, 1.807) is 0 Å². The average molecular weight is 233 g/mol. The third-order valence-electron chi connectivity index (χ3n) is 4.42.